The van der Waals surface area contributed by atoms with Gasteiger partial charge in [0.2, 0.25) is 5.91 Å². The molecule has 1 aromatic heterocycles. The summed E-state index contributed by atoms with van der Waals surface area (Å²) in [5.74, 6) is 1.23. The van der Waals surface area contributed by atoms with Crippen LogP contribution in [0.3, 0.4) is 0 Å². The molecule has 0 bridgehead atoms. The van der Waals surface area contributed by atoms with Crippen molar-refractivity contribution >= 4 is 17.5 Å². The SMILES string of the molecule is O=C(CCCOc1ccccc1Cl)N1CCCC(c2ccn[nH]2)C1. The molecule has 128 valence electrons. The summed E-state index contributed by atoms with van der Waals surface area (Å²) >= 11 is 6.04. The predicted molar refractivity (Wildman–Crippen MR) is 93.3 cm³/mol. The van der Waals surface area contributed by atoms with Gasteiger partial charge in [0.15, 0.2) is 0 Å². The molecule has 0 radical (unpaired) electrons. The van der Waals surface area contributed by atoms with Gasteiger partial charge in [0.05, 0.1) is 11.6 Å². The number of piperidine rings is 1. The third-order valence-electron chi connectivity index (χ3n) is 4.37. The number of H-pyrrole nitrogens is 1. The highest BCUT2D eigenvalue weighted by Crippen LogP contribution is 2.26. The Morgan fingerprint density at radius 3 is 3.04 bits per heavy atom. The zero-order valence-electron chi connectivity index (χ0n) is 13.6. The molecule has 5 nitrogen and oxygen atoms in total. The Morgan fingerprint density at radius 2 is 2.25 bits per heavy atom. The summed E-state index contributed by atoms with van der Waals surface area (Å²) in [4.78, 5) is 14.4. The number of ether oxygens (including phenoxy) is 1. The summed E-state index contributed by atoms with van der Waals surface area (Å²) in [6, 6.07) is 9.38. The summed E-state index contributed by atoms with van der Waals surface area (Å²) in [5, 5.41) is 7.63. The number of nitrogens with one attached hydrogen (secondary N) is 1. The summed E-state index contributed by atoms with van der Waals surface area (Å²) in [7, 11) is 0. The maximum absolute atomic E-state index is 12.4. The number of benzene rings is 1. The maximum atomic E-state index is 12.4. The Morgan fingerprint density at radius 1 is 1.38 bits per heavy atom. The molecule has 2 heterocycles. The Bertz CT molecular complexity index is 660. The molecular formula is C18H22ClN3O2. The second-order valence-electron chi connectivity index (χ2n) is 6.07. The molecule has 6 heteroatoms. The molecule has 1 aliphatic rings. The molecule has 1 aliphatic heterocycles. The number of carbonyl (C=O) groups is 1. The average molecular weight is 348 g/mol. The number of aromatic amines is 1. The lowest BCUT2D eigenvalue weighted by Gasteiger charge is -2.32. The molecule has 1 atom stereocenters. The van der Waals surface area contributed by atoms with E-state index in [0.29, 0.717) is 36.1 Å². The van der Waals surface area contributed by atoms with E-state index in [1.54, 1.807) is 12.3 Å². The number of nitrogens with zero attached hydrogens (tertiary/aromatic N) is 2. The molecule has 2 aromatic rings. The smallest absolute Gasteiger partial charge is 0.222 e. The van der Waals surface area contributed by atoms with Gasteiger partial charge in [-0.3, -0.25) is 9.89 Å². The van der Waals surface area contributed by atoms with Crippen molar-refractivity contribution in [1.82, 2.24) is 15.1 Å². The lowest BCUT2D eigenvalue weighted by Crippen LogP contribution is -2.39. The van der Waals surface area contributed by atoms with E-state index in [9.17, 15) is 4.79 Å². The van der Waals surface area contributed by atoms with Crippen LogP contribution in [-0.2, 0) is 4.79 Å². The van der Waals surface area contributed by atoms with E-state index in [2.05, 4.69) is 10.2 Å². The molecular weight excluding hydrogens is 326 g/mol. The van der Waals surface area contributed by atoms with Gasteiger partial charge < -0.3 is 9.64 Å². The minimum absolute atomic E-state index is 0.196. The highest BCUT2D eigenvalue weighted by molar-refractivity contribution is 6.32. The normalized spacial score (nSPS) is 17.7. The molecule has 0 aliphatic carbocycles. The lowest BCUT2D eigenvalue weighted by atomic mass is 9.94. The number of amides is 1. The molecule has 1 unspecified atom stereocenters. The van der Waals surface area contributed by atoms with Gasteiger partial charge in [0, 0.05) is 37.3 Å². The van der Waals surface area contributed by atoms with E-state index in [4.69, 9.17) is 16.3 Å². The molecule has 1 aromatic carbocycles. The van der Waals surface area contributed by atoms with Crippen molar-refractivity contribution in [3.8, 4) is 5.75 Å². The summed E-state index contributed by atoms with van der Waals surface area (Å²) in [5.41, 5.74) is 1.12. The van der Waals surface area contributed by atoms with E-state index in [1.807, 2.05) is 29.2 Å². The van der Waals surface area contributed by atoms with Crippen LogP contribution < -0.4 is 4.74 Å². The number of likely N-dealkylation sites (tertiary alicyclic amines) is 1. The van der Waals surface area contributed by atoms with Gasteiger partial charge in [-0.15, -0.1) is 0 Å². The number of para-hydroxylation sites is 1. The fraction of sp³-hybridized carbons (Fsp3) is 0.444. The van der Waals surface area contributed by atoms with Gasteiger partial charge in [0.25, 0.3) is 0 Å². The third-order valence-corrected chi connectivity index (χ3v) is 4.68. The Hall–Kier alpha value is -2.01. The van der Waals surface area contributed by atoms with Crippen molar-refractivity contribution < 1.29 is 9.53 Å². The van der Waals surface area contributed by atoms with Crippen molar-refractivity contribution in [2.24, 2.45) is 0 Å². The summed E-state index contributed by atoms with van der Waals surface area (Å²) in [6.45, 7) is 2.11. The van der Waals surface area contributed by atoms with Gasteiger partial charge in [0.1, 0.15) is 5.75 Å². The number of halogens is 1. The number of aromatic nitrogens is 2. The second kappa shape index (κ2) is 8.20. The number of hydrogen-bond donors (Lipinski definition) is 1. The Labute approximate surface area is 147 Å². The Balaban J connectivity index is 1.42. The van der Waals surface area contributed by atoms with Crippen molar-refractivity contribution in [3.63, 3.8) is 0 Å². The average Bonchev–Trinajstić information content (AvgIpc) is 3.15. The highest BCUT2D eigenvalue weighted by Gasteiger charge is 2.25. The molecule has 1 saturated heterocycles. The van der Waals surface area contributed by atoms with Crippen molar-refractivity contribution in [2.75, 3.05) is 19.7 Å². The molecule has 1 amide bonds. The van der Waals surface area contributed by atoms with Crippen LogP contribution in [0.5, 0.6) is 5.75 Å². The van der Waals surface area contributed by atoms with Crippen LogP contribution in [0.1, 0.15) is 37.3 Å². The van der Waals surface area contributed by atoms with Crippen molar-refractivity contribution in [2.45, 2.75) is 31.6 Å². The van der Waals surface area contributed by atoms with Crippen LogP contribution in [-0.4, -0.2) is 40.7 Å². The van der Waals surface area contributed by atoms with Gasteiger partial charge in [-0.05, 0) is 37.5 Å². The van der Waals surface area contributed by atoms with Crippen LogP contribution in [0.25, 0.3) is 0 Å². The monoisotopic (exact) mass is 347 g/mol. The van der Waals surface area contributed by atoms with E-state index in [0.717, 1.165) is 31.6 Å². The van der Waals surface area contributed by atoms with Gasteiger partial charge >= 0.3 is 0 Å². The maximum Gasteiger partial charge on any atom is 0.222 e. The zero-order chi connectivity index (χ0) is 16.8. The van der Waals surface area contributed by atoms with Crippen molar-refractivity contribution in [3.05, 3.63) is 47.2 Å². The molecule has 3 rings (SSSR count). The van der Waals surface area contributed by atoms with E-state index in [1.165, 1.54) is 0 Å². The van der Waals surface area contributed by atoms with E-state index in [-0.39, 0.29) is 5.91 Å². The van der Waals surface area contributed by atoms with Crippen molar-refractivity contribution in [1.29, 1.82) is 0 Å². The fourth-order valence-corrected chi connectivity index (χ4v) is 3.27. The Kier molecular flexibility index (Phi) is 5.75. The van der Waals surface area contributed by atoms with Crippen LogP contribution in [0, 0.1) is 0 Å². The zero-order valence-corrected chi connectivity index (χ0v) is 14.3. The topological polar surface area (TPSA) is 58.2 Å². The van der Waals surface area contributed by atoms with Gasteiger partial charge in [-0.2, -0.15) is 5.10 Å². The van der Waals surface area contributed by atoms with Gasteiger partial charge in [-0.1, -0.05) is 23.7 Å². The first-order valence-corrected chi connectivity index (χ1v) is 8.76. The fourth-order valence-electron chi connectivity index (χ4n) is 3.08. The number of rotatable bonds is 6. The lowest BCUT2D eigenvalue weighted by molar-refractivity contribution is -0.132. The quantitative estimate of drug-likeness (QED) is 0.812. The molecule has 1 fully saturated rings. The first kappa shape index (κ1) is 16.8. The number of carbonyl (C=O) groups excluding carboxylic acids is 1. The minimum Gasteiger partial charge on any atom is -0.492 e. The third kappa shape index (κ3) is 4.29. The predicted octanol–water partition coefficient (Wildman–Crippen LogP) is 3.63. The minimum atomic E-state index is 0.196. The first-order valence-electron chi connectivity index (χ1n) is 8.38. The van der Waals surface area contributed by atoms with Gasteiger partial charge in [-0.25, -0.2) is 0 Å². The first-order chi connectivity index (χ1) is 11.7. The second-order valence-corrected chi connectivity index (χ2v) is 6.48. The van der Waals surface area contributed by atoms with Crippen LogP contribution in [0.4, 0.5) is 0 Å². The summed E-state index contributed by atoms with van der Waals surface area (Å²) in [6.07, 6.45) is 5.09. The van der Waals surface area contributed by atoms with Crippen LogP contribution in [0.2, 0.25) is 5.02 Å². The van der Waals surface area contributed by atoms with E-state index >= 15 is 0 Å². The number of hydrogen-bond acceptors (Lipinski definition) is 3. The molecule has 0 saturated carbocycles. The summed E-state index contributed by atoms with van der Waals surface area (Å²) < 4.78 is 5.64. The van der Waals surface area contributed by atoms with Crippen LogP contribution in [0.15, 0.2) is 36.5 Å². The molecule has 1 N–H and O–H groups in total. The van der Waals surface area contributed by atoms with Crippen LogP contribution >= 0.6 is 11.6 Å². The largest absolute Gasteiger partial charge is 0.492 e. The standard InChI is InChI=1S/C18H22ClN3O2/c19-15-6-1-2-7-17(15)24-12-4-8-18(23)22-11-3-5-14(13-22)16-9-10-20-21-16/h1-2,6-7,9-10,14H,3-5,8,11-13H2,(H,20,21). The highest BCUT2D eigenvalue weighted by atomic mass is 35.5. The van der Waals surface area contributed by atoms with E-state index < -0.39 is 0 Å². The molecule has 0 spiro atoms. The molecule has 24 heavy (non-hydrogen) atoms.